The molecule has 3 rings (SSSR count). The van der Waals surface area contributed by atoms with E-state index >= 15 is 0 Å². The summed E-state index contributed by atoms with van der Waals surface area (Å²) < 4.78 is 31.3. The molecular weight excluding hydrogens is 360 g/mol. The first kappa shape index (κ1) is 18.9. The third kappa shape index (κ3) is 3.78. The molecular formula is C17H24N2O6S. The van der Waals surface area contributed by atoms with Crippen LogP contribution < -0.4 is 5.32 Å². The maximum atomic E-state index is 12.5. The molecule has 1 amide bonds. The lowest BCUT2D eigenvalue weighted by atomic mass is 9.70. The molecule has 2 N–H and O–H groups in total. The van der Waals surface area contributed by atoms with Crippen LogP contribution in [0.4, 0.5) is 0 Å². The van der Waals surface area contributed by atoms with Crippen LogP contribution in [0.2, 0.25) is 0 Å². The highest BCUT2D eigenvalue weighted by atomic mass is 32.2. The van der Waals surface area contributed by atoms with Gasteiger partial charge in [-0.15, -0.1) is 0 Å². The van der Waals surface area contributed by atoms with Crippen molar-refractivity contribution in [2.24, 2.45) is 11.3 Å². The molecule has 1 aliphatic heterocycles. The van der Waals surface area contributed by atoms with E-state index in [9.17, 15) is 18.0 Å². The summed E-state index contributed by atoms with van der Waals surface area (Å²) in [6.45, 7) is 3.26. The lowest BCUT2D eigenvalue weighted by Crippen LogP contribution is -2.46. The van der Waals surface area contributed by atoms with Gasteiger partial charge in [0.15, 0.2) is 0 Å². The molecule has 0 bridgehead atoms. The number of hydrogen-bond donors (Lipinski definition) is 2. The number of sulfonamides is 1. The van der Waals surface area contributed by atoms with Gasteiger partial charge in [0.05, 0.1) is 0 Å². The van der Waals surface area contributed by atoms with Crippen molar-refractivity contribution >= 4 is 21.9 Å². The summed E-state index contributed by atoms with van der Waals surface area (Å²) in [4.78, 5) is 23.2. The molecule has 1 saturated carbocycles. The molecule has 8 nitrogen and oxygen atoms in total. The molecule has 1 aromatic rings. The Bertz CT molecular complexity index is 788. The maximum absolute atomic E-state index is 12.5. The van der Waals surface area contributed by atoms with E-state index in [0.717, 1.165) is 25.0 Å². The molecule has 2 fully saturated rings. The number of amides is 1. The quantitative estimate of drug-likeness (QED) is 0.771. The Kier molecular flexibility index (Phi) is 5.12. The second kappa shape index (κ2) is 7.03. The predicted molar refractivity (Wildman–Crippen MR) is 92.1 cm³/mol. The molecule has 144 valence electrons. The lowest BCUT2D eigenvalue weighted by Gasteiger charge is -2.39. The fourth-order valence-corrected chi connectivity index (χ4v) is 4.84. The average molecular weight is 384 g/mol. The van der Waals surface area contributed by atoms with Gasteiger partial charge in [0.25, 0.3) is 10.0 Å². The van der Waals surface area contributed by atoms with Gasteiger partial charge in [-0.05, 0) is 43.2 Å². The summed E-state index contributed by atoms with van der Waals surface area (Å²) in [5.41, 5.74) is 0.209. The Morgan fingerprint density at radius 1 is 1.31 bits per heavy atom. The molecule has 0 radical (unpaired) electrons. The Labute approximate surface area is 152 Å². The number of nitrogens with one attached hydrogen (secondary N) is 1. The van der Waals surface area contributed by atoms with Gasteiger partial charge in [-0.2, -0.15) is 4.31 Å². The van der Waals surface area contributed by atoms with E-state index in [1.807, 2.05) is 0 Å². The van der Waals surface area contributed by atoms with E-state index < -0.39 is 21.8 Å². The zero-order valence-corrected chi connectivity index (χ0v) is 15.5. The van der Waals surface area contributed by atoms with E-state index in [0.29, 0.717) is 19.4 Å². The molecule has 9 heteroatoms. The highest BCUT2D eigenvalue weighted by Gasteiger charge is 2.36. The smallest absolute Gasteiger partial charge is 0.371 e. The molecule has 0 spiro atoms. The van der Waals surface area contributed by atoms with Crippen LogP contribution in [-0.4, -0.2) is 49.3 Å². The van der Waals surface area contributed by atoms with Crippen molar-refractivity contribution in [3.05, 3.63) is 17.9 Å². The Morgan fingerprint density at radius 3 is 2.46 bits per heavy atom. The number of furan rings is 1. The Balaban J connectivity index is 1.55. The first-order valence-corrected chi connectivity index (χ1v) is 10.3. The summed E-state index contributed by atoms with van der Waals surface area (Å²) in [5, 5.41) is 11.5. The monoisotopic (exact) mass is 384 g/mol. The Morgan fingerprint density at radius 2 is 1.96 bits per heavy atom. The molecule has 1 aliphatic carbocycles. The molecule has 26 heavy (non-hydrogen) atoms. The van der Waals surface area contributed by atoms with Gasteiger partial charge in [0.2, 0.25) is 16.8 Å². The van der Waals surface area contributed by atoms with Crippen LogP contribution in [-0.2, 0) is 14.8 Å². The van der Waals surface area contributed by atoms with Gasteiger partial charge in [-0.1, -0.05) is 13.3 Å². The van der Waals surface area contributed by atoms with Gasteiger partial charge in [0.1, 0.15) is 0 Å². The lowest BCUT2D eigenvalue weighted by molar-refractivity contribution is -0.126. The number of hydrogen-bond acceptors (Lipinski definition) is 5. The van der Waals surface area contributed by atoms with Gasteiger partial charge >= 0.3 is 5.97 Å². The van der Waals surface area contributed by atoms with Crippen molar-refractivity contribution in [1.29, 1.82) is 0 Å². The van der Waals surface area contributed by atoms with Crippen LogP contribution in [0.25, 0.3) is 0 Å². The number of carboxylic acids is 1. The summed E-state index contributed by atoms with van der Waals surface area (Å²) in [5.74, 6) is -1.94. The van der Waals surface area contributed by atoms with Gasteiger partial charge in [0, 0.05) is 25.6 Å². The molecule has 2 aliphatic rings. The second-order valence-electron chi connectivity index (χ2n) is 7.48. The number of nitrogens with zero attached hydrogens (tertiary/aromatic N) is 1. The molecule has 0 aromatic carbocycles. The van der Waals surface area contributed by atoms with E-state index in [2.05, 4.69) is 12.2 Å². The number of carbonyl (C=O) groups is 2. The highest BCUT2D eigenvalue weighted by molar-refractivity contribution is 7.89. The molecule has 0 unspecified atom stereocenters. The van der Waals surface area contributed by atoms with E-state index in [1.165, 1.54) is 10.7 Å². The number of aromatic carboxylic acids is 1. The summed E-state index contributed by atoms with van der Waals surface area (Å²) in [6.07, 6.45) is 4.35. The molecule has 2 heterocycles. The van der Waals surface area contributed by atoms with E-state index in [-0.39, 0.29) is 35.4 Å². The van der Waals surface area contributed by atoms with Gasteiger partial charge < -0.3 is 14.8 Å². The van der Waals surface area contributed by atoms with Gasteiger partial charge in [-0.3, -0.25) is 4.79 Å². The highest BCUT2D eigenvalue weighted by Crippen LogP contribution is 2.39. The van der Waals surface area contributed by atoms with Crippen LogP contribution in [0.15, 0.2) is 21.6 Å². The van der Waals surface area contributed by atoms with Crippen LogP contribution >= 0.6 is 0 Å². The van der Waals surface area contributed by atoms with Crippen LogP contribution in [0.3, 0.4) is 0 Å². The second-order valence-corrected chi connectivity index (χ2v) is 9.35. The maximum Gasteiger partial charge on any atom is 0.371 e. The fraction of sp³-hybridized carbons (Fsp3) is 0.647. The largest absolute Gasteiger partial charge is 0.475 e. The standard InChI is InChI=1S/C17H24N2O6S/c1-17(7-2-8-17)11-18-15(20)12-5-9-19(10-6-12)26(23,24)14-4-3-13(25-14)16(21)22/h3-4,12H,2,5-11H2,1H3,(H,18,20)(H,21,22). The molecule has 0 atom stereocenters. The summed E-state index contributed by atoms with van der Waals surface area (Å²) in [6, 6.07) is 2.27. The van der Waals surface area contributed by atoms with Crippen molar-refractivity contribution in [3.63, 3.8) is 0 Å². The number of carboxylic acid groups (broad SMARTS) is 1. The number of carbonyl (C=O) groups excluding carboxylic acids is 1. The van der Waals surface area contributed by atoms with Crippen molar-refractivity contribution < 1.29 is 27.5 Å². The van der Waals surface area contributed by atoms with Crippen molar-refractivity contribution in [2.45, 2.75) is 44.1 Å². The zero-order valence-electron chi connectivity index (χ0n) is 14.7. The van der Waals surface area contributed by atoms with Crippen molar-refractivity contribution in [3.8, 4) is 0 Å². The van der Waals surface area contributed by atoms with Crippen LogP contribution in [0, 0.1) is 11.3 Å². The minimum atomic E-state index is -3.88. The third-order valence-corrected chi connectivity index (χ3v) is 7.23. The fourth-order valence-electron chi connectivity index (χ4n) is 3.46. The van der Waals surface area contributed by atoms with Crippen LogP contribution in [0.5, 0.6) is 0 Å². The van der Waals surface area contributed by atoms with E-state index in [1.54, 1.807) is 0 Å². The zero-order chi connectivity index (χ0) is 18.9. The topological polar surface area (TPSA) is 117 Å². The molecule has 1 saturated heterocycles. The minimum absolute atomic E-state index is 0.0127. The first-order valence-electron chi connectivity index (χ1n) is 8.82. The SMILES string of the molecule is CC1(CNC(=O)C2CCN(S(=O)(=O)c3ccc(C(=O)O)o3)CC2)CCC1. The van der Waals surface area contributed by atoms with Crippen molar-refractivity contribution in [2.75, 3.05) is 19.6 Å². The molecule has 1 aromatic heterocycles. The normalized spacial score (nSPS) is 21.1. The van der Waals surface area contributed by atoms with Gasteiger partial charge in [-0.25, -0.2) is 13.2 Å². The van der Waals surface area contributed by atoms with E-state index in [4.69, 9.17) is 9.52 Å². The first-order chi connectivity index (χ1) is 12.2. The number of rotatable bonds is 6. The minimum Gasteiger partial charge on any atom is -0.475 e. The number of piperidine rings is 1. The predicted octanol–water partition coefficient (Wildman–Crippen LogP) is 1.68. The average Bonchev–Trinajstić information content (AvgIpc) is 3.09. The van der Waals surface area contributed by atoms with Crippen LogP contribution in [0.1, 0.15) is 49.6 Å². The summed E-state index contributed by atoms with van der Waals surface area (Å²) >= 11 is 0. The van der Waals surface area contributed by atoms with Crippen molar-refractivity contribution in [1.82, 2.24) is 9.62 Å². The Hall–Kier alpha value is -1.87. The summed E-state index contributed by atoms with van der Waals surface area (Å²) in [7, 11) is -3.88. The third-order valence-electron chi connectivity index (χ3n) is 5.46.